The van der Waals surface area contributed by atoms with E-state index >= 15 is 0 Å². The minimum Gasteiger partial charge on any atom is -0.454 e. The molecule has 0 aliphatic carbocycles. The Morgan fingerprint density at radius 3 is 2.21 bits per heavy atom. The number of rotatable bonds is 9. The van der Waals surface area contributed by atoms with Crippen LogP contribution in [0.5, 0.6) is 0 Å². The van der Waals surface area contributed by atoms with Crippen molar-refractivity contribution in [1.29, 1.82) is 0 Å². The third-order valence-electron chi connectivity index (χ3n) is 4.52. The van der Waals surface area contributed by atoms with Crippen LogP contribution in [-0.2, 0) is 19.1 Å². The van der Waals surface area contributed by atoms with Gasteiger partial charge in [-0.15, -0.1) is 0 Å². The molecule has 0 aliphatic rings. The second-order valence-corrected chi connectivity index (χ2v) is 7.62. The first-order valence-corrected chi connectivity index (χ1v) is 10.1. The molecule has 2 aromatic rings. The van der Waals surface area contributed by atoms with Gasteiger partial charge in [-0.2, -0.15) is 0 Å². The zero-order valence-electron chi connectivity index (χ0n) is 18.4. The Kier molecular flexibility index (Phi) is 9.02. The zero-order chi connectivity index (χ0) is 24.5. The van der Waals surface area contributed by atoms with E-state index in [1.54, 1.807) is 38.1 Å². The molecule has 176 valence electrons. The average Bonchev–Trinajstić information content (AvgIpc) is 2.77. The van der Waals surface area contributed by atoms with E-state index in [0.29, 0.717) is 5.56 Å². The van der Waals surface area contributed by atoms with Gasteiger partial charge in [0.15, 0.2) is 18.2 Å². The van der Waals surface area contributed by atoms with Gasteiger partial charge < -0.3 is 20.7 Å². The van der Waals surface area contributed by atoms with Gasteiger partial charge in [-0.1, -0.05) is 31.5 Å². The van der Waals surface area contributed by atoms with Crippen LogP contribution in [-0.4, -0.2) is 42.9 Å². The number of hydrogen-bond donors (Lipinski definition) is 3. The molecule has 2 rings (SSSR count). The van der Waals surface area contributed by atoms with Crippen molar-refractivity contribution in [3.05, 3.63) is 65.2 Å². The molecular weight excluding hydrogens is 436 g/mol. The van der Waals surface area contributed by atoms with Crippen molar-refractivity contribution in [1.82, 2.24) is 10.6 Å². The lowest BCUT2D eigenvalue weighted by molar-refractivity contribution is -0.151. The van der Waals surface area contributed by atoms with Crippen LogP contribution in [0, 0.1) is 24.5 Å². The smallest absolute Gasteiger partial charge is 0.329 e. The van der Waals surface area contributed by atoms with Gasteiger partial charge in [0.1, 0.15) is 6.04 Å². The lowest BCUT2D eigenvalue weighted by atomic mass is 10.0. The zero-order valence-corrected chi connectivity index (χ0v) is 18.4. The summed E-state index contributed by atoms with van der Waals surface area (Å²) in [6.45, 7) is 4.16. The number of carbonyl (C=O) groups is 4. The number of benzene rings is 2. The number of aryl methyl sites for hydroxylation is 1. The Morgan fingerprint density at radius 2 is 1.61 bits per heavy atom. The van der Waals surface area contributed by atoms with E-state index < -0.39 is 54.5 Å². The van der Waals surface area contributed by atoms with Crippen molar-refractivity contribution in [2.45, 2.75) is 26.8 Å². The molecule has 3 amide bonds. The highest BCUT2D eigenvalue weighted by molar-refractivity contribution is 5.97. The van der Waals surface area contributed by atoms with E-state index in [0.717, 1.165) is 23.8 Å². The van der Waals surface area contributed by atoms with Crippen molar-refractivity contribution in [2.75, 3.05) is 18.5 Å². The highest BCUT2D eigenvalue weighted by atomic mass is 19.2. The first-order valence-electron chi connectivity index (χ1n) is 10.1. The fourth-order valence-electron chi connectivity index (χ4n) is 2.66. The van der Waals surface area contributed by atoms with E-state index in [-0.39, 0.29) is 11.6 Å². The van der Waals surface area contributed by atoms with E-state index in [1.807, 2.05) is 6.92 Å². The summed E-state index contributed by atoms with van der Waals surface area (Å²) in [6.07, 6.45) is 0. The standard InChI is InChI=1S/C23H25F2N3O5/c1-13(2)21(28-22(31)15-6-4-14(3)5-7-15)23(32)33-12-20(30)26-11-19(29)27-16-8-9-17(24)18(25)10-16/h4-10,13,21H,11-12H2,1-3H3,(H,26,30)(H,27,29)(H,28,31)/t21-/m0/s1. The number of halogens is 2. The van der Waals surface area contributed by atoms with Gasteiger partial charge in [0.25, 0.3) is 11.8 Å². The lowest BCUT2D eigenvalue weighted by Gasteiger charge is -2.20. The lowest BCUT2D eigenvalue weighted by Crippen LogP contribution is -2.46. The van der Waals surface area contributed by atoms with Crippen molar-refractivity contribution in [2.24, 2.45) is 5.92 Å². The first kappa shape index (κ1) is 25.4. The van der Waals surface area contributed by atoms with Crippen molar-refractivity contribution < 1.29 is 32.7 Å². The van der Waals surface area contributed by atoms with Gasteiger partial charge in [0, 0.05) is 17.3 Å². The number of hydrogen-bond acceptors (Lipinski definition) is 5. The Morgan fingerprint density at radius 1 is 0.939 bits per heavy atom. The summed E-state index contributed by atoms with van der Waals surface area (Å²) in [5.74, 6) is -5.19. The maximum atomic E-state index is 13.2. The molecule has 0 aromatic heterocycles. The summed E-state index contributed by atoms with van der Waals surface area (Å²) < 4.78 is 31.0. The Labute approximate surface area is 189 Å². The molecule has 0 unspecified atom stereocenters. The van der Waals surface area contributed by atoms with Gasteiger partial charge in [0.2, 0.25) is 5.91 Å². The summed E-state index contributed by atoms with van der Waals surface area (Å²) in [6, 6.07) is 8.63. The number of carbonyl (C=O) groups excluding carboxylic acids is 4. The maximum Gasteiger partial charge on any atom is 0.329 e. The highest BCUT2D eigenvalue weighted by Crippen LogP contribution is 2.13. The Hall–Kier alpha value is -3.82. The van der Waals surface area contributed by atoms with E-state index in [2.05, 4.69) is 16.0 Å². The van der Waals surface area contributed by atoms with Crippen molar-refractivity contribution in [3.63, 3.8) is 0 Å². The summed E-state index contributed by atoms with van der Waals surface area (Å²) in [7, 11) is 0. The number of amides is 3. The topological polar surface area (TPSA) is 114 Å². The van der Waals surface area contributed by atoms with Gasteiger partial charge in [-0.05, 0) is 37.1 Å². The monoisotopic (exact) mass is 461 g/mol. The van der Waals surface area contributed by atoms with Crippen LogP contribution in [0.15, 0.2) is 42.5 Å². The van der Waals surface area contributed by atoms with Crippen LogP contribution in [0.25, 0.3) is 0 Å². The fourth-order valence-corrected chi connectivity index (χ4v) is 2.66. The third kappa shape index (κ3) is 7.99. The van der Waals surface area contributed by atoms with Crippen LogP contribution in [0.1, 0.15) is 29.8 Å². The molecule has 3 N–H and O–H groups in total. The predicted octanol–water partition coefficient (Wildman–Crippen LogP) is 2.33. The summed E-state index contributed by atoms with van der Waals surface area (Å²) >= 11 is 0. The van der Waals surface area contributed by atoms with Crippen molar-refractivity contribution >= 4 is 29.4 Å². The predicted molar refractivity (Wildman–Crippen MR) is 116 cm³/mol. The number of ether oxygens (including phenoxy) is 1. The third-order valence-corrected chi connectivity index (χ3v) is 4.52. The molecule has 0 saturated heterocycles. The van der Waals surface area contributed by atoms with Gasteiger partial charge >= 0.3 is 5.97 Å². The molecule has 33 heavy (non-hydrogen) atoms. The minimum atomic E-state index is -1.13. The summed E-state index contributed by atoms with van der Waals surface area (Å²) in [4.78, 5) is 48.5. The number of nitrogens with one attached hydrogen (secondary N) is 3. The molecule has 8 nitrogen and oxygen atoms in total. The van der Waals surface area contributed by atoms with E-state index in [9.17, 15) is 28.0 Å². The minimum absolute atomic E-state index is 0.0173. The molecular formula is C23H25F2N3O5. The summed E-state index contributed by atoms with van der Waals surface area (Å²) in [5.41, 5.74) is 1.38. The molecule has 0 fully saturated rings. The van der Waals surface area contributed by atoms with Gasteiger partial charge in [0.05, 0.1) is 6.54 Å². The second-order valence-electron chi connectivity index (χ2n) is 7.62. The number of esters is 1. The van der Waals surface area contributed by atoms with Crippen LogP contribution >= 0.6 is 0 Å². The molecule has 2 aromatic carbocycles. The van der Waals surface area contributed by atoms with Gasteiger partial charge in [-0.25, -0.2) is 13.6 Å². The van der Waals surface area contributed by atoms with Crippen LogP contribution in [0.4, 0.5) is 14.5 Å². The normalized spacial score (nSPS) is 11.5. The number of anilines is 1. The van der Waals surface area contributed by atoms with Crippen LogP contribution in [0.2, 0.25) is 0 Å². The van der Waals surface area contributed by atoms with Crippen LogP contribution < -0.4 is 16.0 Å². The molecule has 0 bridgehead atoms. The van der Waals surface area contributed by atoms with Gasteiger partial charge in [-0.3, -0.25) is 14.4 Å². The molecule has 0 radical (unpaired) electrons. The van der Waals surface area contributed by atoms with E-state index in [1.165, 1.54) is 0 Å². The first-order chi connectivity index (χ1) is 15.6. The maximum absolute atomic E-state index is 13.2. The van der Waals surface area contributed by atoms with Crippen LogP contribution in [0.3, 0.4) is 0 Å². The highest BCUT2D eigenvalue weighted by Gasteiger charge is 2.26. The molecule has 1 atom stereocenters. The summed E-state index contributed by atoms with van der Waals surface area (Å²) in [5, 5.41) is 7.12. The second kappa shape index (κ2) is 11.7. The quantitative estimate of drug-likeness (QED) is 0.496. The SMILES string of the molecule is Cc1ccc(C(=O)N[C@H](C(=O)OCC(=O)NCC(=O)Nc2ccc(F)c(F)c2)C(C)C)cc1. The Bertz CT molecular complexity index is 1030. The molecule has 10 heteroatoms. The fraction of sp³-hybridized carbons (Fsp3) is 0.304. The van der Waals surface area contributed by atoms with Crippen molar-refractivity contribution in [3.8, 4) is 0 Å². The largest absolute Gasteiger partial charge is 0.454 e. The van der Waals surface area contributed by atoms with E-state index in [4.69, 9.17) is 4.74 Å². The molecule has 0 aliphatic heterocycles. The molecule has 0 spiro atoms. The average molecular weight is 461 g/mol. The molecule has 0 saturated carbocycles. The Balaban J connectivity index is 1.80. The molecule has 0 heterocycles.